The van der Waals surface area contributed by atoms with Crippen molar-refractivity contribution < 1.29 is 4.79 Å². The molecule has 0 atom stereocenters. The Morgan fingerprint density at radius 3 is 2.88 bits per heavy atom. The minimum Gasteiger partial charge on any atom is -0.327 e. The van der Waals surface area contributed by atoms with Gasteiger partial charge in [0.1, 0.15) is 11.6 Å². The van der Waals surface area contributed by atoms with Crippen molar-refractivity contribution in [2.75, 3.05) is 0 Å². The summed E-state index contributed by atoms with van der Waals surface area (Å²) in [7, 11) is 0. The molecule has 17 heavy (non-hydrogen) atoms. The fourth-order valence-corrected chi connectivity index (χ4v) is 2.11. The minimum absolute atomic E-state index is 0.180. The number of nitrogens with zero attached hydrogens (tertiary/aromatic N) is 2. The number of ketones is 1. The van der Waals surface area contributed by atoms with Crippen molar-refractivity contribution in [2.45, 2.75) is 32.7 Å². The van der Waals surface area contributed by atoms with Gasteiger partial charge in [-0.3, -0.25) is 4.79 Å². The fourth-order valence-electron chi connectivity index (χ4n) is 1.91. The number of aryl methyl sites for hydroxylation is 2. The summed E-state index contributed by atoms with van der Waals surface area (Å²) in [4.78, 5) is 15.6. The van der Waals surface area contributed by atoms with Crippen molar-refractivity contribution in [3.8, 4) is 0 Å². The molecule has 0 aliphatic rings. The Hall–Kier alpha value is -1.35. The lowest BCUT2D eigenvalue weighted by Crippen LogP contribution is -2.05. The third-order valence-electron chi connectivity index (χ3n) is 2.79. The number of hydrogen-bond acceptors (Lipinski definition) is 2. The molecule has 2 rings (SSSR count). The molecule has 1 aromatic carbocycles. The van der Waals surface area contributed by atoms with Crippen molar-refractivity contribution in [2.24, 2.45) is 0 Å². The quantitative estimate of drug-likeness (QED) is 0.782. The van der Waals surface area contributed by atoms with Crippen LogP contribution in [0.2, 0.25) is 0 Å². The van der Waals surface area contributed by atoms with Crippen LogP contribution in [0.25, 0.3) is 11.0 Å². The molecule has 0 unspecified atom stereocenters. The molecule has 90 valence electrons. The van der Waals surface area contributed by atoms with Crippen LogP contribution in [0.15, 0.2) is 18.2 Å². The first-order valence-corrected chi connectivity index (χ1v) is 6.16. The van der Waals surface area contributed by atoms with E-state index < -0.39 is 0 Å². The van der Waals surface area contributed by atoms with Gasteiger partial charge in [-0.25, -0.2) is 4.98 Å². The second-order valence-electron chi connectivity index (χ2n) is 4.26. The number of carbonyl (C=O) groups is 1. The summed E-state index contributed by atoms with van der Waals surface area (Å²) in [5, 5.41) is 0. The van der Waals surface area contributed by atoms with Crippen LogP contribution >= 0.6 is 11.6 Å². The van der Waals surface area contributed by atoms with Crippen LogP contribution in [0.4, 0.5) is 0 Å². The van der Waals surface area contributed by atoms with Gasteiger partial charge < -0.3 is 4.57 Å². The lowest BCUT2D eigenvalue weighted by Gasteiger charge is -2.05. The Morgan fingerprint density at radius 1 is 1.47 bits per heavy atom. The molecular weight excluding hydrogens is 236 g/mol. The molecule has 0 bridgehead atoms. The molecule has 0 radical (unpaired) electrons. The van der Waals surface area contributed by atoms with E-state index in [9.17, 15) is 4.79 Å². The lowest BCUT2D eigenvalue weighted by molar-refractivity contribution is -0.117. The summed E-state index contributed by atoms with van der Waals surface area (Å²) in [6.45, 7) is 4.29. The van der Waals surface area contributed by atoms with Gasteiger partial charge in [0, 0.05) is 13.0 Å². The van der Waals surface area contributed by atoms with Gasteiger partial charge in [0.15, 0.2) is 0 Å². The van der Waals surface area contributed by atoms with Crippen molar-refractivity contribution in [1.82, 2.24) is 9.55 Å². The third-order valence-corrected chi connectivity index (χ3v) is 3.03. The van der Waals surface area contributed by atoms with E-state index in [-0.39, 0.29) is 5.78 Å². The van der Waals surface area contributed by atoms with Gasteiger partial charge in [0.25, 0.3) is 0 Å². The zero-order valence-corrected chi connectivity index (χ0v) is 10.8. The number of Topliss-reactive ketones (excluding diaryl/α,β-unsaturated/α-hetero) is 1. The highest BCUT2D eigenvalue weighted by Gasteiger charge is 2.10. The topological polar surface area (TPSA) is 34.9 Å². The first kappa shape index (κ1) is 12.1. The molecule has 0 aliphatic heterocycles. The normalized spacial score (nSPS) is 11.0. The van der Waals surface area contributed by atoms with E-state index in [2.05, 4.69) is 4.98 Å². The second-order valence-corrected chi connectivity index (χ2v) is 4.52. The lowest BCUT2D eigenvalue weighted by atomic mass is 10.2. The van der Waals surface area contributed by atoms with Crippen LogP contribution < -0.4 is 0 Å². The number of alkyl halides is 1. The van der Waals surface area contributed by atoms with Gasteiger partial charge in [0.2, 0.25) is 0 Å². The summed E-state index contributed by atoms with van der Waals surface area (Å²) in [6, 6.07) is 6.12. The monoisotopic (exact) mass is 250 g/mol. The summed E-state index contributed by atoms with van der Waals surface area (Å²) in [5.74, 6) is 1.37. The SMILES string of the molecule is CC(=O)CCn1c(CCl)nc2cc(C)ccc21. The first-order valence-electron chi connectivity index (χ1n) is 5.63. The zero-order valence-electron chi connectivity index (χ0n) is 10.0. The number of carbonyl (C=O) groups excluding carboxylic acids is 1. The molecule has 0 N–H and O–H groups in total. The fraction of sp³-hybridized carbons (Fsp3) is 0.385. The van der Waals surface area contributed by atoms with Crippen LogP contribution in [0.3, 0.4) is 0 Å². The number of benzene rings is 1. The van der Waals surface area contributed by atoms with Gasteiger partial charge in [0.05, 0.1) is 16.9 Å². The zero-order chi connectivity index (χ0) is 12.4. The number of fused-ring (bicyclic) bond motifs is 1. The number of aromatic nitrogens is 2. The molecule has 2 aromatic rings. The standard InChI is InChI=1S/C13H15ClN2O/c1-9-3-4-12-11(7-9)15-13(8-14)16(12)6-5-10(2)17/h3-4,7H,5-6,8H2,1-2H3. The van der Waals surface area contributed by atoms with E-state index in [0.717, 1.165) is 16.9 Å². The molecule has 1 aromatic heterocycles. The molecule has 0 amide bonds. The van der Waals surface area contributed by atoms with Crippen LogP contribution in [0.1, 0.15) is 24.7 Å². The number of halogens is 1. The Balaban J connectivity index is 2.47. The van der Waals surface area contributed by atoms with Gasteiger partial charge in [-0.15, -0.1) is 11.6 Å². The molecule has 0 spiro atoms. The Morgan fingerprint density at radius 2 is 2.24 bits per heavy atom. The van der Waals surface area contributed by atoms with Crippen molar-refractivity contribution >= 4 is 28.4 Å². The average Bonchev–Trinajstić information content (AvgIpc) is 2.63. The smallest absolute Gasteiger partial charge is 0.131 e. The molecule has 4 heteroatoms. The van der Waals surface area contributed by atoms with Crippen molar-refractivity contribution in [3.05, 3.63) is 29.6 Å². The maximum absolute atomic E-state index is 11.1. The van der Waals surface area contributed by atoms with E-state index in [1.165, 1.54) is 5.56 Å². The van der Waals surface area contributed by atoms with Crippen LogP contribution in [0, 0.1) is 6.92 Å². The van der Waals surface area contributed by atoms with Crippen LogP contribution in [-0.4, -0.2) is 15.3 Å². The molecular formula is C13H15ClN2O. The summed E-state index contributed by atoms with van der Waals surface area (Å²) in [5.41, 5.74) is 3.17. The first-order chi connectivity index (χ1) is 8.11. The molecule has 0 fully saturated rings. The molecule has 0 saturated carbocycles. The van der Waals surface area contributed by atoms with Gasteiger partial charge in [-0.05, 0) is 31.5 Å². The Labute approximate surface area is 105 Å². The van der Waals surface area contributed by atoms with Crippen molar-refractivity contribution in [1.29, 1.82) is 0 Å². The summed E-state index contributed by atoms with van der Waals surface area (Å²) >= 11 is 5.89. The molecule has 1 heterocycles. The van der Waals surface area contributed by atoms with E-state index >= 15 is 0 Å². The predicted octanol–water partition coefficient (Wildman–Crippen LogP) is 3.06. The highest BCUT2D eigenvalue weighted by molar-refractivity contribution is 6.16. The Bertz CT molecular complexity index is 560. The van der Waals surface area contributed by atoms with Gasteiger partial charge >= 0.3 is 0 Å². The largest absolute Gasteiger partial charge is 0.327 e. The minimum atomic E-state index is 0.180. The van der Waals surface area contributed by atoms with E-state index in [1.807, 2.05) is 29.7 Å². The maximum Gasteiger partial charge on any atom is 0.131 e. The predicted molar refractivity (Wildman–Crippen MR) is 69.3 cm³/mol. The van der Waals surface area contributed by atoms with Gasteiger partial charge in [-0.2, -0.15) is 0 Å². The number of hydrogen-bond donors (Lipinski definition) is 0. The van der Waals surface area contributed by atoms with E-state index in [1.54, 1.807) is 6.92 Å². The summed E-state index contributed by atoms with van der Waals surface area (Å²) < 4.78 is 2.03. The molecule has 3 nitrogen and oxygen atoms in total. The Kier molecular flexibility index (Phi) is 3.48. The van der Waals surface area contributed by atoms with Gasteiger partial charge in [-0.1, -0.05) is 6.07 Å². The number of rotatable bonds is 4. The van der Waals surface area contributed by atoms with Crippen molar-refractivity contribution in [3.63, 3.8) is 0 Å². The van der Waals surface area contributed by atoms with Crippen LogP contribution in [0.5, 0.6) is 0 Å². The maximum atomic E-state index is 11.1. The van der Waals surface area contributed by atoms with E-state index in [4.69, 9.17) is 11.6 Å². The summed E-state index contributed by atoms with van der Waals surface area (Å²) in [6.07, 6.45) is 0.517. The second kappa shape index (κ2) is 4.88. The third kappa shape index (κ3) is 2.50. The van der Waals surface area contributed by atoms with E-state index in [0.29, 0.717) is 18.8 Å². The van der Waals surface area contributed by atoms with Crippen LogP contribution in [-0.2, 0) is 17.2 Å². The highest BCUT2D eigenvalue weighted by Crippen LogP contribution is 2.19. The molecule has 0 aliphatic carbocycles. The number of imidazole rings is 1. The molecule has 0 saturated heterocycles. The average molecular weight is 251 g/mol. The highest BCUT2D eigenvalue weighted by atomic mass is 35.5.